The fraction of sp³-hybridized carbons (Fsp3) is 0.174. The molecule has 2 aromatic carbocycles. The number of halogens is 1. The Morgan fingerprint density at radius 1 is 1.23 bits per heavy atom. The van der Waals surface area contributed by atoms with Gasteiger partial charge in [0.1, 0.15) is 16.9 Å². The number of anilines is 1. The number of H-pyrrole nitrogens is 1. The summed E-state index contributed by atoms with van der Waals surface area (Å²) in [5.41, 5.74) is 3.81. The van der Waals surface area contributed by atoms with Crippen molar-refractivity contribution in [2.24, 2.45) is 0 Å². The SMILES string of the molecule is CCn1c(SCC(=O)Nc2cc(F)ccc2C)nc2c(-c3ccccc3)c[nH]c2c1=O. The number of nitrogens with one attached hydrogen (secondary N) is 2. The van der Waals surface area contributed by atoms with E-state index in [4.69, 9.17) is 4.98 Å². The third kappa shape index (κ3) is 4.25. The molecule has 0 bridgehead atoms. The van der Waals surface area contributed by atoms with Crippen molar-refractivity contribution in [1.29, 1.82) is 0 Å². The van der Waals surface area contributed by atoms with Crippen molar-refractivity contribution in [1.82, 2.24) is 14.5 Å². The summed E-state index contributed by atoms with van der Waals surface area (Å²) in [5.74, 6) is -0.673. The maximum atomic E-state index is 13.5. The molecule has 0 spiro atoms. The average molecular weight is 437 g/mol. The Kier molecular flexibility index (Phi) is 5.90. The summed E-state index contributed by atoms with van der Waals surface area (Å²) in [6, 6.07) is 13.9. The van der Waals surface area contributed by atoms with Gasteiger partial charge in [0.25, 0.3) is 5.56 Å². The van der Waals surface area contributed by atoms with Crippen LogP contribution in [0.4, 0.5) is 10.1 Å². The highest BCUT2D eigenvalue weighted by Crippen LogP contribution is 2.27. The lowest BCUT2D eigenvalue weighted by Crippen LogP contribution is -2.23. The first-order valence-electron chi connectivity index (χ1n) is 9.84. The molecule has 0 aliphatic heterocycles. The Balaban J connectivity index is 1.63. The molecule has 1 amide bonds. The fourth-order valence-corrected chi connectivity index (χ4v) is 4.20. The van der Waals surface area contributed by atoms with Crippen LogP contribution in [0, 0.1) is 12.7 Å². The van der Waals surface area contributed by atoms with E-state index in [0.29, 0.717) is 28.4 Å². The number of thioether (sulfide) groups is 1. The van der Waals surface area contributed by atoms with Gasteiger partial charge >= 0.3 is 0 Å². The highest BCUT2D eigenvalue weighted by Gasteiger charge is 2.17. The number of aromatic nitrogens is 3. The number of rotatable bonds is 6. The van der Waals surface area contributed by atoms with E-state index in [1.165, 1.54) is 23.9 Å². The predicted molar refractivity (Wildman–Crippen MR) is 122 cm³/mol. The molecule has 0 fully saturated rings. The van der Waals surface area contributed by atoms with Crippen LogP contribution in [0.3, 0.4) is 0 Å². The minimum Gasteiger partial charge on any atom is -0.355 e. The summed E-state index contributed by atoms with van der Waals surface area (Å²) in [6.07, 6.45) is 1.78. The highest BCUT2D eigenvalue weighted by atomic mass is 32.2. The first kappa shape index (κ1) is 20.9. The van der Waals surface area contributed by atoms with E-state index in [1.54, 1.807) is 23.8 Å². The lowest BCUT2D eigenvalue weighted by Gasteiger charge is -2.11. The van der Waals surface area contributed by atoms with Gasteiger partial charge in [0.15, 0.2) is 5.16 Å². The zero-order valence-electron chi connectivity index (χ0n) is 17.1. The van der Waals surface area contributed by atoms with E-state index < -0.39 is 5.82 Å². The summed E-state index contributed by atoms with van der Waals surface area (Å²) < 4.78 is 15.0. The van der Waals surface area contributed by atoms with Crippen molar-refractivity contribution in [3.05, 3.63) is 76.5 Å². The van der Waals surface area contributed by atoms with E-state index in [1.807, 2.05) is 37.3 Å². The van der Waals surface area contributed by atoms with Gasteiger partial charge in [-0.05, 0) is 37.1 Å². The molecule has 31 heavy (non-hydrogen) atoms. The Bertz CT molecular complexity index is 1310. The van der Waals surface area contributed by atoms with E-state index in [0.717, 1.165) is 16.7 Å². The molecule has 158 valence electrons. The van der Waals surface area contributed by atoms with Crippen LogP contribution in [0.1, 0.15) is 12.5 Å². The maximum Gasteiger partial charge on any atom is 0.278 e. The molecule has 2 N–H and O–H groups in total. The van der Waals surface area contributed by atoms with E-state index in [-0.39, 0.29) is 17.2 Å². The topological polar surface area (TPSA) is 79.8 Å². The number of fused-ring (bicyclic) bond motifs is 1. The van der Waals surface area contributed by atoms with Crippen LogP contribution in [-0.4, -0.2) is 26.2 Å². The Hall–Kier alpha value is -3.39. The molecule has 6 nitrogen and oxygen atoms in total. The summed E-state index contributed by atoms with van der Waals surface area (Å²) in [7, 11) is 0. The molecule has 0 saturated carbocycles. The predicted octanol–water partition coefficient (Wildman–Crippen LogP) is 4.59. The molecule has 8 heteroatoms. The monoisotopic (exact) mass is 436 g/mol. The largest absolute Gasteiger partial charge is 0.355 e. The molecular weight excluding hydrogens is 415 g/mol. The van der Waals surface area contributed by atoms with E-state index in [9.17, 15) is 14.0 Å². The van der Waals surface area contributed by atoms with Gasteiger partial charge in [-0.2, -0.15) is 0 Å². The number of nitrogens with zero attached hydrogens (tertiary/aromatic N) is 2. The summed E-state index contributed by atoms with van der Waals surface area (Å²) in [5, 5.41) is 3.18. The molecule has 2 aromatic heterocycles. The number of aromatic amines is 1. The van der Waals surface area contributed by atoms with Gasteiger partial charge in [0.05, 0.1) is 5.75 Å². The zero-order valence-corrected chi connectivity index (χ0v) is 17.9. The van der Waals surface area contributed by atoms with Crippen LogP contribution in [-0.2, 0) is 11.3 Å². The third-order valence-corrected chi connectivity index (χ3v) is 5.93. The quantitative estimate of drug-likeness (QED) is 0.342. The molecule has 0 aliphatic rings. The van der Waals surface area contributed by atoms with Crippen LogP contribution in [0.2, 0.25) is 0 Å². The summed E-state index contributed by atoms with van der Waals surface area (Å²) in [6.45, 7) is 4.08. The van der Waals surface area contributed by atoms with Crippen molar-refractivity contribution in [3.63, 3.8) is 0 Å². The first-order chi connectivity index (χ1) is 15.0. The second-order valence-electron chi connectivity index (χ2n) is 7.03. The van der Waals surface area contributed by atoms with Gasteiger partial charge in [-0.25, -0.2) is 9.37 Å². The van der Waals surface area contributed by atoms with Gasteiger partial charge < -0.3 is 10.3 Å². The second kappa shape index (κ2) is 8.77. The molecule has 0 saturated heterocycles. The smallest absolute Gasteiger partial charge is 0.278 e. The number of hydrogen-bond acceptors (Lipinski definition) is 4. The summed E-state index contributed by atoms with van der Waals surface area (Å²) in [4.78, 5) is 33.2. The Labute approximate surface area is 182 Å². The van der Waals surface area contributed by atoms with Gasteiger partial charge in [0, 0.05) is 24.0 Å². The molecule has 0 aliphatic carbocycles. The molecular formula is C23H21FN4O2S. The van der Waals surface area contributed by atoms with Crippen LogP contribution < -0.4 is 10.9 Å². The lowest BCUT2D eigenvalue weighted by atomic mass is 10.1. The second-order valence-corrected chi connectivity index (χ2v) is 7.97. The number of benzene rings is 2. The molecule has 0 radical (unpaired) electrons. The minimum atomic E-state index is -0.415. The van der Waals surface area contributed by atoms with E-state index in [2.05, 4.69) is 10.3 Å². The van der Waals surface area contributed by atoms with Crippen molar-refractivity contribution < 1.29 is 9.18 Å². The third-order valence-electron chi connectivity index (χ3n) is 4.96. The van der Waals surface area contributed by atoms with Crippen molar-refractivity contribution in [2.75, 3.05) is 11.1 Å². The number of amides is 1. The normalized spacial score (nSPS) is 11.1. The van der Waals surface area contributed by atoms with Crippen molar-refractivity contribution in [2.45, 2.75) is 25.5 Å². The van der Waals surface area contributed by atoms with Gasteiger partial charge in [-0.3, -0.25) is 14.2 Å². The lowest BCUT2D eigenvalue weighted by molar-refractivity contribution is -0.113. The number of aryl methyl sites for hydroxylation is 1. The fourth-order valence-electron chi connectivity index (χ4n) is 3.34. The first-order valence-corrected chi connectivity index (χ1v) is 10.8. The number of carbonyl (C=O) groups excluding carboxylic acids is 1. The molecule has 4 rings (SSSR count). The standard InChI is InChI=1S/C23H21FN4O2S/c1-3-28-22(30)21-20(17(12-25-21)15-7-5-4-6-8-15)27-23(28)31-13-19(29)26-18-11-16(24)10-9-14(18)2/h4-12,25H,3,13H2,1-2H3,(H,26,29). The zero-order chi connectivity index (χ0) is 22.0. The van der Waals surface area contributed by atoms with Gasteiger partial charge in [-0.15, -0.1) is 0 Å². The minimum absolute atomic E-state index is 0.0407. The molecule has 2 heterocycles. The number of carbonyl (C=O) groups is 1. The maximum absolute atomic E-state index is 13.5. The van der Waals surface area contributed by atoms with Crippen molar-refractivity contribution in [3.8, 4) is 11.1 Å². The van der Waals surface area contributed by atoms with Gasteiger partial charge in [0.2, 0.25) is 5.91 Å². The van der Waals surface area contributed by atoms with Gasteiger partial charge in [-0.1, -0.05) is 48.2 Å². The molecule has 4 aromatic rings. The average Bonchev–Trinajstić information content (AvgIpc) is 3.20. The van der Waals surface area contributed by atoms with Crippen LogP contribution in [0.15, 0.2) is 64.7 Å². The number of hydrogen-bond donors (Lipinski definition) is 2. The molecule has 0 atom stereocenters. The van der Waals surface area contributed by atoms with Crippen LogP contribution >= 0.6 is 11.8 Å². The highest BCUT2D eigenvalue weighted by molar-refractivity contribution is 7.99. The van der Waals surface area contributed by atoms with Crippen LogP contribution in [0.5, 0.6) is 0 Å². The van der Waals surface area contributed by atoms with Crippen molar-refractivity contribution >= 4 is 34.4 Å². The summed E-state index contributed by atoms with van der Waals surface area (Å²) >= 11 is 1.18. The Morgan fingerprint density at radius 2 is 2.00 bits per heavy atom. The molecule has 0 unspecified atom stereocenters. The van der Waals surface area contributed by atoms with Crippen LogP contribution in [0.25, 0.3) is 22.2 Å². The Morgan fingerprint density at radius 3 is 2.74 bits per heavy atom. The van der Waals surface area contributed by atoms with E-state index >= 15 is 0 Å².